The molecule has 1 fully saturated rings. The molecule has 29 heavy (non-hydrogen) atoms. The SMILES string of the molecule is C[C@H](c1cccc([N+](=O)[O-])c1)N1CCC(C(=O)c2ccc3c(c2)OCCO3)CC1. The maximum Gasteiger partial charge on any atom is 0.269 e. The van der Waals surface area contributed by atoms with Crippen LogP contribution < -0.4 is 9.47 Å². The van der Waals surface area contributed by atoms with Gasteiger partial charge in [-0.3, -0.25) is 19.8 Å². The summed E-state index contributed by atoms with van der Waals surface area (Å²) in [6, 6.07) is 12.3. The summed E-state index contributed by atoms with van der Waals surface area (Å²) < 4.78 is 11.1. The van der Waals surface area contributed by atoms with Crippen molar-refractivity contribution in [2.45, 2.75) is 25.8 Å². The number of Topliss-reactive ketones (excluding diaryl/α,β-unsaturated/α-hetero) is 1. The van der Waals surface area contributed by atoms with E-state index in [4.69, 9.17) is 9.47 Å². The highest BCUT2D eigenvalue weighted by Crippen LogP contribution is 2.34. The van der Waals surface area contributed by atoms with Gasteiger partial charge in [-0.05, 0) is 56.6 Å². The fraction of sp³-hybridized carbons (Fsp3) is 0.409. The Bertz CT molecular complexity index is 921. The highest BCUT2D eigenvalue weighted by molar-refractivity contribution is 5.98. The number of carbonyl (C=O) groups is 1. The molecule has 0 amide bonds. The number of nitro groups is 1. The van der Waals surface area contributed by atoms with Crippen LogP contribution in [0, 0.1) is 16.0 Å². The number of likely N-dealkylation sites (tertiary alicyclic amines) is 1. The number of hydrogen-bond acceptors (Lipinski definition) is 6. The van der Waals surface area contributed by atoms with Gasteiger partial charge in [-0.15, -0.1) is 0 Å². The Balaban J connectivity index is 1.39. The number of non-ortho nitro benzene ring substituents is 1. The molecule has 1 atom stereocenters. The van der Waals surface area contributed by atoms with Crippen molar-refractivity contribution < 1.29 is 19.2 Å². The van der Waals surface area contributed by atoms with Crippen molar-refractivity contribution in [3.8, 4) is 11.5 Å². The number of nitrogens with zero attached hydrogens (tertiary/aromatic N) is 2. The number of fused-ring (bicyclic) bond motifs is 1. The van der Waals surface area contributed by atoms with Gasteiger partial charge < -0.3 is 9.47 Å². The predicted molar refractivity (Wildman–Crippen MR) is 108 cm³/mol. The van der Waals surface area contributed by atoms with E-state index < -0.39 is 0 Å². The average molecular weight is 396 g/mol. The highest BCUT2D eigenvalue weighted by Gasteiger charge is 2.29. The smallest absolute Gasteiger partial charge is 0.269 e. The van der Waals surface area contributed by atoms with Crippen LogP contribution in [-0.2, 0) is 0 Å². The first-order chi connectivity index (χ1) is 14.0. The Hall–Kier alpha value is -2.93. The number of carbonyl (C=O) groups excluding carboxylic acids is 1. The molecule has 0 spiro atoms. The fourth-order valence-corrected chi connectivity index (χ4v) is 4.09. The van der Waals surface area contributed by atoms with Crippen LogP contribution in [-0.4, -0.2) is 41.9 Å². The minimum Gasteiger partial charge on any atom is -0.486 e. The normalized spacial score (nSPS) is 18.2. The summed E-state index contributed by atoms with van der Waals surface area (Å²) >= 11 is 0. The summed E-state index contributed by atoms with van der Waals surface area (Å²) in [5.74, 6) is 1.45. The van der Waals surface area contributed by atoms with E-state index in [9.17, 15) is 14.9 Å². The number of benzene rings is 2. The van der Waals surface area contributed by atoms with Crippen LogP contribution in [0.1, 0.15) is 41.7 Å². The van der Waals surface area contributed by atoms with Crippen molar-refractivity contribution in [3.05, 3.63) is 63.7 Å². The molecular formula is C22H24N2O5. The second-order valence-electron chi connectivity index (χ2n) is 7.56. The third-order valence-corrected chi connectivity index (χ3v) is 5.84. The van der Waals surface area contributed by atoms with Crippen molar-refractivity contribution >= 4 is 11.5 Å². The van der Waals surface area contributed by atoms with E-state index in [1.807, 2.05) is 12.1 Å². The van der Waals surface area contributed by atoms with Gasteiger partial charge in [0.05, 0.1) is 4.92 Å². The third kappa shape index (κ3) is 4.10. The Labute approximate surface area is 169 Å². The van der Waals surface area contributed by atoms with E-state index >= 15 is 0 Å². The van der Waals surface area contributed by atoms with Gasteiger partial charge in [0.15, 0.2) is 17.3 Å². The zero-order valence-corrected chi connectivity index (χ0v) is 16.4. The lowest BCUT2D eigenvalue weighted by Crippen LogP contribution is -2.38. The summed E-state index contributed by atoms with van der Waals surface area (Å²) in [4.78, 5) is 25.9. The van der Waals surface area contributed by atoms with Gasteiger partial charge in [0.1, 0.15) is 13.2 Å². The lowest BCUT2D eigenvalue weighted by atomic mass is 9.88. The summed E-state index contributed by atoms with van der Waals surface area (Å²) in [6.45, 7) is 4.65. The third-order valence-electron chi connectivity index (χ3n) is 5.84. The molecule has 0 aliphatic carbocycles. The van der Waals surface area contributed by atoms with E-state index in [1.54, 1.807) is 24.3 Å². The first-order valence-corrected chi connectivity index (χ1v) is 9.95. The number of ketones is 1. The first-order valence-electron chi connectivity index (χ1n) is 9.95. The van der Waals surface area contributed by atoms with Crippen LogP contribution in [0.25, 0.3) is 0 Å². The number of rotatable bonds is 5. The quantitative estimate of drug-likeness (QED) is 0.431. The van der Waals surface area contributed by atoms with Crippen molar-refractivity contribution in [1.82, 2.24) is 4.90 Å². The van der Waals surface area contributed by atoms with Gasteiger partial charge in [0.2, 0.25) is 0 Å². The molecule has 0 bridgehead atoms. The number of piperidine rings is 1. The molecule has 7 nitrogen and oxygen atoms in total. The van der Waals surface area contributed by atoms with E-state index in [0.717, 1.165) is 31.5 Å². The van der Waals surface area contributed by atoms with Crippen LogP contribution in [0.4, 0.5) is 5.69 Å². The highest BCUT2D eigenvalue weighted by atomic mass is 16.6. The van der Waals surface area contributed by atoms with Gasteiger partial charge in [0, 0.05) is 29.7 Å². The standard InChI is InChI=1S/C22H24N2O5/c1-15(17-3-2-4-19(13-17)24(26)27)23-9-7-16(8-10-23)22(25)18-5-6-20-21(14-18)29-12-11-28-20/h2-6,13-16H,7-12H2,1H3/t15-/m1/s1. The summed E-state index contributed by atoms with van der Waals surface area (Å²) in [6.07, 6.45) is 1.54. The Morgan fingerprint density at radius 1 is 1.10 bits per heavy atom. The minimum atomic E-state index is -0.367. The molecule has 0 saturated carbocycles. The Kier molecular flexibility index (Phi) is 5.49. The fourth-order valence-electron chi connectivity index (χ4n) is 4.09. The minimum absolute atomic E-state index is 0.0221. The number of ether oxygens (including phenoxy) is 2. The molecule has 2 aliphatic heterocycles. The summed E-state index contributed by atoms with van der Waals surface area (Å²) in [7, 11) is 0. The van der Waals surface area contributed by atoms with E-state index in [0.29, 0.717) is 30.3 Å². The molecule has 7 heteroatoms. The number of hydrogen-bond donors (Lipinski definition) is 0. The Morgan fingerprint density at radius 3 is 2.55 bits per heavy atom. The molecule has 0 N–H and O–H groups in total. The molecule has 0 unspecified atom stereocenters. The molecular weight excluding hydrogens is 372 g/mol. The monoisotopic (exact) mass is 396 g/mol. The van der Waals surface area contributed by atoms with Crippen molar-refractivity contribution in [1.29, 1.82) is 0 Å². The molecule has 2 aromatic carbocycles. The lowest BCUT2D eigenvalue weighted by Gasteiger charge is -2.35. The van der Waals surface area contributed by atoms with E-state index in [-0.39, 0.29) is 28.4 Å². The molecule has 4 rings (SSSR count). The molecule has 152 valence electrons. The average Bonchev–Trinajstić information content (AvgIpc) is 2.78. The van der Waals surface area contributed by atoms with Gasteiger partial charge in [-0.2, -0.15) is 0 Å². The van der Waals surface area contributed by atoms with Gasteiger partial charge >= 0.3 is 0 Å². The van der Waals surface area contributed by atoms with Crippen LogP contribution in [0.2, 0.25) is 0 Å². The maximum absolute atomic E-state index is 13.0. The number of nitro benzene ring substituents is 1. The zero-order chi connectivity index (χ0) is 20.4. The second-order valence-corrected chi connectivity index (χ2v) is 7.56. The maximum atomic E-state index is 13.0. The van der Waals surface area contributed by atoms with Crippen LogP contribution in [0.15, 0.2) is 42.5 Å². The largest absolute Gasteiger partial charge is 0.486 e. The zero-order valence-electron chi connectivity index (χ0n) is 16.4. The van der Waals surface area contributed by atoms with Gasteiger partial charge in [-0.25, -0.2) is 0 Å². The lowest BCUT2D eigenvalue weighted by molar-refractivity contribution is -0.385. The molecule has 2 aromatic rings. The molecule has 2 heterocycles. The van der Waals surface area contributed by atoms with Crippen LogP contribution in [0.3, 0.4) is 0 Å². The molecule has 2 aliphatic rings. The van der Waals surface area contributed by atoms with Crippen LogP contribution in [0.5, 0.6) is 11.5 Å². The Morgan fingerprint density at radius 2 is 1.83 bits per heavy atom. The van der Waals surface area contributed by atoms with Crippen molar-refractivity contribution in [2.24, 2.45) is 5.92 Å². The molecule has 1 saturated heterocycles. The van der Waals surface area contributed by atoms with Crippen molar-refractivity contribution in [3.63, 3.8) is 0 Å². The predicted octanol–water partition coefficient (Wildman–Crippen LogP) is 4.02. The van der Waals surface area contributed by atoms with E-state index in [1.165, 1.54) is 6.07 Å². The van der Waals surface area contributed by atoms with Gasteiger partial charge in [-0.1, -0.05) is 12.1 Å². The first kappa shape index (κ1) is 19.4. The topological polar surface area (TPSA) is 81.9 Å². The van der Waals surface area contributed by atoms with Crippen molar-refractivity contribution in [2.75, 3.05) is 26.3 Å². The molecule has 0 aromatic heterocycles. The van der Waals surface area contributed by atoms with Gasteiger partial charge in [0.25, 0.3) is 5.69 Å². The van der Waals surface area contributed by atoms with Crippen LogP contribution >= 0.6 is 0 Å². The van der Waals surface area contributed by atoms with E-state index in [2.05, 4.69) is 11.8 Å². The summed E-state index contributed by atoms with van der Waals surface area (Å²) in [5.41, 5.74) is 1.70. The second kappa shape index (κ2) is 8.21. The summed E-state index contributed by atoms with van der Waals surface area (Å²) in [5, 5.41) is 11.0. The molecule has 0 radical (unpaired) electrons.